The number of piperidine rings is 1. The summed E-state index contributed by atoms with van der Waals surface area (Å²) < 4.78 is 0. The molecular weight excluding hydrogens is 244 g/mol. The highest BCUT2D eigenvalue weighted by molar-refractivity contribution is 4.88. The Hall–Kier alpha value is -0.0800. The van der Waals surface area contributed by atoms with Crippen LogP contribution in [0.15, 0.2) is 0 Å². The van der Waals surface area contributed by atoms with Gasteiger partial charge in [0, 0.05) is 12.6 Å². The smallest absolute Gasteiger partial charge is 0.0223 e. The molecule has 1 atom stereocenters. The molecule has 2 heteroatoms. The molecule has 0 spiro atoms. The van der Waals surface area contributed by atoms with Crippen molar-refractivity contribution in [2.45, 2.75) is 78.2 Å². The van der Waals surface area contributed by atoms with E-state index in [0.717, 1.165) is 18.5 Å². The maximum Gasteiger partial charge on any atom is 0.0223 e. The first-order valence-electron chi connectivity index (χ1n) is 9.18. The fraction of sp³-hybridized carbons (Fsp3) is 1.00. The van der Waals surface area contributed by atoms with E-state index >= 15 is 0 Å². The Bertz CT molecular complexity index is 257. The van der Waals surface area contributed by atoms with E-state index in [2.05, 4.69) is 31.0 Å². The number of nitrogens with one attached hydrogen (secondary N) is 1. The Labute approximate surface area is 126 Å². The van der Waals surface area contributed by atoms with Crippen LogP contribution in [0.4, 0.5) is 0 Å². The number of rotatable bonds is 7. The van der Waals surface area contributed by atoms with E-state index in [4.69, 9.17) is 0 Å². The summed E-state index contributed by atoms with van der Waals surface area (Å²) in [7, 11) is 0. The number of hydrogen-bond acceptors (Lipinski definition) is 2. The number of likely N-dealkylation sites (N-methyl/N-ethyl adjacent to an activating group) is 1. The molecular formula is C18H36N2. The van der Waals surface area contributed by atoms with E-state index < -0.39 is 0 Å². The van der Waals surface area contributed by atoms with Gasteiger partial charge in [0.25, 0.3) is 0 Å². The van der Waals surface area contributed by atoms with E-state index in [1.54, 1.807) is 0 Å². The van der Waals surface area contributed by atoms with Crippen LogP contribution in [0, 0.1) is 11.3 Å². The molecule has 0 aromatic heterocycles. The maximum absolute atomic E-state index is 3.78. The van der Waals surface area contributed by atoms with Crippen LogP contribution in [-0.4, -0.2) is 37.1 Å². The van der Waals surface area contributed by atoms with Crippen molar-refractivity contribution in [1.29, 1.82) is 0 Å². The Morgan fingerprint density at radius 3 is 2.15 bits per heavy atom. The zero-order valence-electron chi connectivity index (χ0n) is 14.1. The lowest BCUT2D eigenvalue weighted by Gasteiger charge is -2.42. The lowest BCUT2D eigenvalue weighted by atomic mass is 9.74. The van der Waals surface area contributed by atoms with E-state index in [0.29, 0.717) is 5.41 Å². The molecule has 2 rings (SSSR count). The molecule has 1 aliphatic carbocycles. The van der Waals surface area contributed by atoms with Crippen LogP contribution in [0.25, 0.3) is 0 Å². The fourth-order valence-corrected chi connectivity index (χ4v) is 4.45. The zero-order chi connectivity index (χ0) is 14.4. The monoisotopic (exact) mass is 280 g/mol. The van der Waals surface area contributed by atoms with Gasteiger partial charge in [-0.05, 0) is 56.7 Å². The van der Waals surface area contributed by atoms with Gasteiger partial charge in [-0.2, -0.15) is 0 Å². The summed E-state index contributed by atoms with van der Waals surface area (Å²) in [5.41, 5.74) is 0.664. The number of hydrogen-bond donors (Lipinski definition) is 1. The van der Waals surface area contributed by atoms with Crippen molar-refractivity contribution in [3.63, 3.8) is 0 Å². The standard InChI is InChI=1S/C18H36N2/c1-4-18(5-2)11-13-20(14-12-18)15-17(19-6-3)16-9-7-8-10-16/h16-17,19H,4-15H2,1-3H3. The predicted molar refractivity (Wildman–Crippen MR) is 88.1 cm³/mol. The van der Waals surface area contributed by atoms with E-state index in [1.165, 1.54) is 71.0 Å². The van der Waals surface area contributed by atoms with Crippen molar-refractivity contribution in [3.05, 3.63) is 0 Å². The summed E-state index contributed by atoms with van der Waals surface area (Å²) in [6.07, 6.45) is 11.4. The second-order valence-electron chi connectivity index (χ2n) is 7.22. The van der Waals surface area contributed by atoms with E-state index in [9.17, 15) is 0 Å². The van der Waals surface area contributed by atoms with Gasteiger partial charge in [0.1, 0.15) is 0 Å². The summed E-state index contributed by atoms with van der Waals surface area (Å²) in [6.45, 7) is 12.1. The summed E-state index contributed by atoms with van der Waals surface area (Å²) >= 11 is 0. The van der Waals surface area contributed by atoms with Crippen molar-refractivity contribution in [2.75, 3.05) is 26.2 Å². The number of nitrogens with zero attached hydrogens (tertiary/aromatic N) is 1. The van der Waals surface area contributed by atoms with Gasteiger partial charge in [-0.25, -0.2) is 0 Å². The van der Waals surface area contributed by atoms with E-state index in [1.807, 2.05) is 0 Å². The van der Waals surface area contributed by atoms with Gasteiger partial charge < -0.3 is 10.2 Å². The summed E-state index contributed by atoms with van der Waals surface area (Å²) in [4.78, 5) is 2.75. The summed E-state index contributed by atoms with van der Waals surface area (Å²) in [5.74, 6) is 0.944. The lowest BCUT2D eigenvalue weighted by Crippen LogP contribution is -2.48. The quantitative estimate of drug-likeness (QED) is 0.756. The van der Waals surface area contributed by atoms with Crippen molar-refractivity contribution >= 4 is 0 Å². The molecule has 1 saturated heterocycles. The average molecular weight is 280 g/mol. The molecule has 0 amide bonds. The third-order valence-electron chi connectivity index (χ3n) is 6.31. The SMILES string of the molecule is CCNC(CN1CCC(CC)(CC)CC1)C1CCCC1. The molecule has 0 aromatic rings. The molecule has 2 nitrogen and oxygen atoms in total. The first-order valence-corrected chi connectivity index (χ1v) is 9.18. The average Bonchev–Trinajstić information content (AvgIpc) is 3.02. The Kier molecular flexibility index (Phi) is 6.35. The van der Waals surface area contributed by atoms with E-state index in [-0.39, 0.29) is 0 Å². The third-order valence-corrected chi connectivity index (χ3v) is 6.31. The molecule has 1 N–H and O–H groups in total. The Morgan fingerprint density at radius 2 is 1.65 bits per heavy atom. The van der Waals surface area contributed by atoms with Crippen LogP contribution in [0.3, 0.4) is 0 Å². The Balaban J connectivity index is 1.82. The van der Waals surface area contributed by atoms with Crippen molar-refractivity contribution in [3.8, 4) is 0 Å². The first-order chi connectivity index (χ1) is 9.73. The minimum Gasteiger partial charge on any atom is -0.313 e. The van der Waals surface area contributed by atoms with Crippen LogP contribution >= 0.6 is 0 Å². The molecule has 1 unspecified atom stereocenters. The molecule has 0 radical (unpaired) electrons. The van der Waals surface area contributed by atoms with Gasteiger partial charge in [-0.15, -0.1) is 0 Å². The summed E-state index contributed by atoms with van der Waals surface area (Å²) in [5, 5.41) is 3.78. The van der Waals surface area contributed by atoms with Crippen LogP contribution in [0.5, 0.6) is 0 Å². The second kappa shape index (κ2) is 7.79. The highest BCUT2D eigenvalue weighted by Gasteiger charge is 2.33. The maximum atomic E-state index is 3.78. The molecule has 1 aliphatic heterocycles. The third kappa shape index (κ3) is 3.98. The summed E-state index contributed by atoms with van der Waals surface area (Å²) in [6, 6.07) is 0.748. The highest BCUT2D eigenvalue weighted by atomic mass is 15.2. The molecule has 1 heterocycles. The van der Waals surface area contributed by atoms with Gasteiger partial charge in [-0.1, -0.05) is 46.5 Å². The van der Waals surface area contributed by atoms with Gasteiger partial charge in [0.05, 0.1) is 0 Å². The minimum absolute atomic E-state index is 0.664. The highest BCUT2D eigenvalue weighted by Crippen LogP contribution is 2.38. The van der Waals surface area contributed by atoms with Gasteiger partial charge >= 0.3 is 0 Å². The molecule has 20 heavy (non-hydrogen) atoms. The van der Waals surface area contributed by atoms with Crippen molar-refractivity contribution in [2.24, 2.45) is 11.3 Å². The first kappa shape index (κ1) is 16.3. The van der Waals surface area contributed by atoms with Gasteiger partial charge in [0.2, 0.25) is 0 Å². The number of likely N-dealkylation sites (tertiary alicyclic amines) is 1. The zero-order valence-corrected chi connectivity index (χ0v) is 14.1. The molecule has 2 aliphatic rings. The fourth-order valence-electron chi connectivity index (χ4n) is 4.45. The molecule has 2 fully saturated rings. The minimum atomic E-state index is 0.664. The van der Waals surface area contributed by atoms with Gasteiger partial charge in [0.15, 0.2) is 0 Å². The molecule has 118 valence electrons. The van der Waals surface area contributed by atoms with Crippen LogP contribution < -0.4 is 5.32 Å². The van der Waals surface area contributed by atoms with Crippen LogP contribution in [-0.2, 0) is 0 Å². The Morgan fingerprint density at radius 1 is 1.05 bits per heavy atom. The van der Waals surface area contributed by atoms with Crippen molar-refractivity contribution in [1.82, 2.24) is 10.2 Å². The van der Waals surface area contributed by atoms with Crippen LogP contribution in [0.1, 0.15) is 72.1 Å². The normalized spacial score (nSPS) is 25.9. The van der Waals surface area contributed by atoms with Gasteiger partial charge in [-0.3, -0.25) is 0 Å². The largest absolute Gasteiger partial charge is 0.313 e. The van der Waals surface area contributed by atoms with Crippen molar-refractivity contribution < 1.29 is 0 Å². The van der Waals surface area contributed by atoms with Crippen LogP contribution in [0.2, 0.25) is 0 Å². The lowest BCUT2D eigenvalue weighted by molar-refractivity contribution is 0.0826. The molecule has 0 bridgehead atoms. The molecule has 1 saturated carbocycles. The second-order valence-corrected chi connectivity index (χ2v) is 7.22. The predicted octanol–water partition coefficient (Wildman–Crippen LogP) is 4.06. The molecule has 0 aromatic carbocycles. The topological polar surface area (TPSA) is 15.3 Å².